The van der Waals surface area contributed by atoms with Gasteiger partial charge in [0.15, 0.2) is 21.4 Å². The molecule has 0 aliphatic carbocycles. The summed E-state index contributed by atoms with van der Waals surface area (Å²) in [5, 5.41) is 11.0. The predicted octanol–water partition coefficient (Wildman–Crippen LogP) is 6.56. The molecule has 3 aromatic rings. The van der Waals surface area contributed by atoms with Crippen LogP contribution in [-0.4, -0.2) is 52.2 Å². The number of hydrogen-bond donors (Lipinski definition) is 1. The number of phenols is 1. The smallest absolute Gasteiger partial charge is 0.261 e. The summed E-state index contributed by atoms with van der Waals surface area (Å²) >= 11 is 0. The number of benzene rings is 3. The Bertz CT molecular complexity index is 1590. The van der Waals surface area contributed by atoms with Crippen LogP contribution in [-0.2, 0) is 19.0 Å². The van der Waals surface area contributed by atoms with Gasteiger partial charge >= 0.3 is 0 Å². The van der Waals surface area contributed by atoms with E-state index in [9.17, 15) is 17.9 Å². The third kappa shape index (κ3) is 6.50. The Morgan fingerprint density at radius 1 is 1.02 bits per heavy atom. The van der Waals surface area contributed by atoms with Crippen molar-refractivity contribution in [2.24, 2.45) is 0 Å². The normalized spacial score (nSPS) is 20.2. The first-order valence-corrected chi connectivity index (χ1v) is 19.1. The summed E-state index contributed by atoms with van der Waals surface area (Å²) < 4.78 is 54.0. The second kappa shape index (κ2) is 13.1. The molecule has 0 amide bonds. The van der Waals surface area contributed by atoms with Crippen LogP contribution in [0, 0.1) is 5.82 Å². The average molecular weight is 635 g/mol. The fourth-order valence-corrected chi connectivity index (χ4v) is 13.3. The maximum Gasteiger partial charge on any atom is 0.261 e. The summed E-state index contributed by atoms with van der Waals surface area (Å²) in [7, 11) is -6.24. The fraction of sp³-hybridized carbons (Fsp3) is 0.389. The van der Waals surface area contributed by atoms with Crippen LogP contribution >= 0.6 is 0 Å². The van der Waals surface area contributed by atoms with Crippen molar-refractivity contribution in [1.82, 2.24) is 0 Å². The Morgan fingerprint density at radius 3 is 2.23 bits per heavy atom. The van der Waals surface area contributed by atoms with E-state index >= 15 is 0 Å². The lowest BCUT2D eigenvalue weighted by Crippen LogP contribution is -2.66. The van der Waals surface area contributed by atoms with Gasteiger partial charge in [0.25, 0.3) is 8.32 Å². The molecule has 0 radical (unpaired) electrons. The monoisotopic (exact) mass is 634 g/mol. The summed E-state index contributed by atoms with van der Waals surface area (Å²) in [6, 6.07) is 25.1. The number of aromatic hydroxyl groups is 1. The molecule has 0 spiro atoms. The van der Waals surface area contributed by atoms with Gasteiger partial charge in [0.05, 0.1) is 25.1 Å². The Morgan fingerprint density at radius 2 is 1.66 bits per heavy atom. The van der Waals surface area contributed by atoms with Gasteiger partial charge in [-0.2, -0.15) is 0 Å². The van der Waals surface area contributed by atoms with Crippen LogP contribution in [0.4, 0.5) is 4.39 Å². The molecule has 0 aromatic heterocycles. The van der Waals surface area contributed by atoms with Gasteiger partial charge in [0, 0.05) is 0 Å². The zero-order valence-electron chi connectivity index (χ0n) is 26.1. The lowest BCUT2D eigenvalue weighted by Gasteiger charge is -2.43. The van der Waals surface area contributed by atoms with E-state index in [-0.39, 0.29) is 35.9 Å². The zero-order valence-corrected chi connectivity index (χ0v) is 27.9. The highest BCUT2D eigenvalue weighted by Crippen LogP contribution is 2.41. The van der Waals surface area contributed by atoms with Crippen molar-refractivity contribution in [1.29, 1.82) is 0 Å². The molecule has 1 fully saturated rings. The highest BCUT2D eigenvalue weighted by molar-refractivity contribution is 7.92. The minimum Gasteiger partial charge on any atom is -0.505 e. The quantitative estimate of drug-likeness (QED) is 0.191. The number of sulfone groups is 1. The van der Waals surface area contributed by atoms with Crippen LogP contribution in [0.1, 0.15) is 58.9 Å². The van der Waals surface area contributed by atoms with Crippen LogP contribution in [0.5, 0.6) is 5.75 Å². The molecule has 0 bridgehead atoms. The summed E-state index contributed by atoms with van der Waals surface area (Å²) in [6.45, 7) is 9.15. The Kier molecular flexibility index (Phi) is 9.66. The molecule has 5 rings (SSSR count). The summed E-state index contributed by atoms with van der Waals surface area (Å²) in [4.78, 5) is 0. The number of phenolic OH excluding ortho intramolecular Hbond substituents is 1. The van der Waals surface area contributed by atoms with Crippen molar-refractivity contribution in [3.05, 3.63) is 107 Å². The van der Waals surface area contributed by atoms with E-state index in [1.807, 2.05) is 42.5 Å². The lowest BCUT2D eigenvalue weighted by atomic mass is 9.95. The largest absolute Gasteiger partial charge is 0.505 e. The molecule has 2 atom stereocenters. The van der Waals surface area contributed by atoms with Gasteiger partial charge in [-0.3, -0.25) is 0 Å². The molecule has 5 nitrogen and oxygen atoms in total. The van der Waals surface area contributed by atoms with Gasteiger partial charge in [-0.05, 0) is 63.5 Å². The predicted molar refractivity (Wildman–Crippen MR) is 178 cm³/mol. The first-order valence-electron chi connectivity index (χ1n) is 15.4. The molecular weight excluding hydrogens is 592 g/mol. The van der Waals surface area contributed by atoms with Crippen molar-refractivity contribution in [3.8, 4) is 5.75 Å². The molecule has 2 aliphatic heterocycles. The Labute approximate surface area is 262 Å². The molecule has 2 aliphatic rings. The van der Waals surface area contributed by atoms with Gasteiger partial charge in [0.1, 0.15) is 5.25 Å². The standard InChI is InChI=1S/C36H43FO5SSi/c1-5-12-26(21-27-17-19-32(38)31(37)22-27)18-20-33-35-28(25-43(39,40)34(35)24-41-33)23-42-44(36(2,3)4,29-13-8-6-9-14-29)30-15-10-7-11-16-30/h6-11,13-17,19,21-22,33-34,38H,5,12,18,20,23-25H2,1-4H3/b26-21+/t33-,34+/m1/s1. The van der Waals surface area contributed by atoms with Crippen LogP contribution < -0.4 is 10.4 Å². The first-order chi connectivity index (χ1) is 21.0. The average Bonchev–Trinajstić information content (AvgIpc) is 3.53. The third-order valence-corrected chi connectivity index (χ3v) is 15.9. The number of allylic oxidation sites excluding steroid dienone is 1. The summed E-state index contributed by atoms with van der Waals surface area (Å²) in [6.07, 6.45) is 4.74. The minimum absolute atomic E-state index is 0.00446. The van der Waals surface area contributed by atoms with E-state index in [1.165, 1.54) is 12.1 Å². The highest BCUT2D eigenvalue weighted by atomic mass is 32.2. The SMILES string of the molecule is CCC/C(=C\c1ccc(O)c(F)c1)CC[C@H]1OC[C@H]2C1=C(CO[Si](c1ccccc1)(c1ccccc1)C(C)(C)C)CS2(=O)=O. The van der Waals surface area contributed by atoms with Crippen LogP contribution in [0.15, 0.2) is 95.6 Å². The fourth-order valence-electron chi connectivity index (χ4n) is 6.85. The number of halogens is 1. The van der Waals surface area contributed by atoms with Crippen molar-refractivity contribution in [3.63, 3.8) is 0 Å². The van der Waals surface area contributed by atoms with Gasteiger partial charge in [0.2, 0.25) is 0 Å². The van der Waals surface area contributed by atoms with E-state index in [2.05, 4.69) is 52.0 Å². The number of ether oxygens (including phenoxy) is 1. The first kappa shape index (κ1) is 32.4. The van der Waals surface area contributed by atoms with Crippen LogP contribution in [0.3, 0.4) is 0 Å². The van der Waals surface area contributed by atoms with Crippen LogP contribution in [0.2, 0.25) is 5.04 Å². The Balaban J connectivity index is 1.45. The van der Waals surface area contributed by atoms with Crippen molar-refractivity contribution < 1.29 is 27.1 Å². The second-order valence-electron chi connectivity index (χ2n) is 12.9. The minimum atomic E-state index is -3.39. The van der Waals surface area contributed by atoms with E-state index in [4.69, 9.17) is 9.16 Å². The topological polar surface area (TPSA) is 72.8 Å². The maximum absolute atomic E-state index is 14.0. The molecule has 8 heteroatoms. The van der Waals surface area contributed by atoms with Gasteiger partial charge in [-0.1, -0.05) is 112 Å². The molecule has 0 saturated carbocycles. The molecule has 2 heterocycles. The van der Waals surface area contributed by atoms with E-state index in [0.717, 1.165) is 39.9 Å². The molecule has 0 unspecified atom stereocenters. The van der Waals surface area contributed by atoms with Crippen LogP contribution in [0.25, 0.3) is 6.08 Å². The van der Waals surface area contributed by atoms with E-state index in [1.54, 1.807) is 6.07 Å². The molecule has 44 heavy (non-hydrogen) atoms. The third-order valence-electron chi connectivity index (χ3n) is 8.88. The van der Waals surface area contributed by atoms with E-state index < -0.39 is 29.2 Å². The van der Waals surface area contributed by atoms with Crippen molar-refractivity contribution >= 4 is 34.6 Å². The van der Waals surface area contributed by atoms with Crippen molar-refractivity contribution in [2.45, 2.75) is 69.8 Å². The maximum atomic E-state index is 14.0. The van der Waals surface area contributed by atoms with Gasteiger partial charge < -0.3 is 14.3 Å². The zero-order chi connectivity index (χ0) is 31.5. The summed E-state index contributed by atoms with van der Waals surface area (Å²) in [5.74, 6) is -1.02. The molecule has 1 N–H and O–H groups in total. The summed E-state index contributed by atoms with van der Waals surface area (Å²) in [5.41, 5.74) is 3.52. The Hall–Kier alpha value is -3.04. The van der Waals surface area contributed by atoms with Gasteiger partial charge in [-0.15, -0.1) is 0 Å². The number of fused-ring (bicyclic) bond motifs is 1. The van der Waals surface area contributed by atoms with Gasteiger partial charge in [-0.25, -0.2) is 12.8 Å². The lowest BCUT2D eigenvalue weighted by molar-refractivity contribution is 0.117. The molecule has 1 saturated heterocycles. The molecular formula is C36H43FO5SSi. The van der Waals surface area contributed by atoms with E-state index in [0.29, 0.717) is 18.4 Å². The van der Waals surface area contributed by atoms with Crippen molar-refractivity contribution in [2.75, 3.05) is 19.0 Å². The molecule has 3 aromatic carbocycles. The highest BCUT2D eigenvalue weighted by Gasteiger charge is 2.52. The second-order valence-corrected chi connectivity index (χ2v) is 19.4. The molecule has 234 valence electrons. The number of rotatable bonds is 11. The number of hydrogen-bond acceptors (Lipinski definition) is 5.